The number of hydrogen-bond donors (Lipinski definition) is 2. The zero-order chi connectivity index (χ0) is 20.6. The van der Waals surface area contributed by atoms with E-state index in [-0.39, 0.29) is 18.0 Å². The van der Waals surface area contributed by atoms with E-state index in [0.29, 0.717) is 17.9 Å². The average molecular weight is 393 g/mol. The van der Waals surface area contributed by atoms with E-state index in [1.165, 1.54) is 4.90 Å². The Balaban J connectivity index is 1.85. The lowest BCUT2D eigenvalue weighted by Gasteiger charge is -2.41. The molecule has 2 aromatic rings. The van der Waals surface area contributed by atoms with E-state index < -0.39 is 29.3 Å². The first kappa shape index (κ1) is 18.7. The Hall–Kier alpha value is -3.68. The van der Waals surface area contributed by atoms with E-state index in [0.717, 1.165) is 0 Å². The number of carbonyl (C=O) groups excluding carboxylic acids is 4. The number of hydrogen-bond acceptors (Lipinski definition) is 5. The molecule has 8 heteroatoms. The second-order valence-electron chi connectivity index (χ2n) is 6.93. The molecule has 5 amide bonds. The van der Waals surface area contributed by atoms with Crippen LogP contribution in [0.2, 0.25) is 0 Å². The first-order valence-electron chi connectivity index (χ1n) is 9.30. The van der Waals surface area contributed by atoms with Crippen LogP contribution in [0.1, 0.15) is 19.8 Å². The van der Waals surface area contributed by atoms with Gasteiger partial charge in [0.1, 0.15) is 5.75 Å². The van der Waals surface area contributed by atoms with Crippen molar-refractivity contribution in [1.82, 2.24) is 10.6 Å². The number of imide groups is 2. The fourth-order valence-corrected chi connectivity index (χ4v) is 4.04. The third-order valence-electron chi connectivity index (χ3n) is 5.33. The van der Waals surface area contributed by atoms with Crippen LogP contribution in [0.3, 0.4) is 0 Å². The van der Waals surface area contributed by atoms with Crippen LogP contribution in [0.4, 0.5) is 10.5 Å². The smallest absolute Gasteiger partial charge is 0.328 e. The van der Waals surface area contributed by atoms with Crippen molar-refractivity contribution in [3.05, 3.63) is 54.6 Å². The average Bonchev–Trinajstić information content (AvgIpc) is 3.01. The van der Waals surface area contributed by atoms with Gasteiger partial charge in [0, 0.05) is 12.3 Å². The molecule has 4 rings (SSSR count). The van der Waals surface area contributed by atoms with Gasteiger partial charge in [-0.2, -0.15) is 0 Å². The van der Waals surface area contributed by atoms with Gasteiger partial charge in [0.25, 0.3) is 11.8 Å². The van der Waals surface area contributed by atoms with Crippen molar-refractivity contribution in [3.8, 4) is 11.5 Å². The van der Waals surface area contributed by atoms with Gasteiger partial charge < -0.3 is 4.74 Å². The maximum absolute atomic E-state index is 13.0. The molecular formula is C21H19N3O5. The minimum atomic E-state index is -1.85. The fraction of sp³-hybridized carbons (Fsp3) is 0.238. The van der Waals surface area contributed by atoms with Crippen LogP contribution < -0.4 is 20.3 Å². The van der Waals surface area contributed by atoms with Crippen molar-refractivity contribution >= 4 is 29.4 Å². The van der Waals surface area contributed by atoms with Gasteiger partial charge in [-0.25, -0.2) is 4.79 Å². The number of ether oxygens (including phenoxy) is 1. The quantitative estimate of drug-likeness (QED) is 0.776. The van der Waals surface area contributed by atoms with Gasteiger partial charge in [0.15, 0.2) is 5.75 Å². The lowest BCUT2D eigenvalue weighted by Crippen LogP contribution is -2.74. The first-order valence-corrected chi connectivity index (χ1v) is 9.30. The molecule has 2 heterocycles. The molecule has 2 aliphatic heterocycles. The highest BCUT2D eigenvalue weighted by Gasteiger charge is 2.65. The third-order valence-corrected chi connectivity index (χ3v) is 5.33. The number of nitrogens with one attached hydrogen (secondary N) is 2. The molecule has 0 bridgehead atoms. The zero-order valence-corrected chi connectivity index (χ0v) is 15.7. The van der Waals surface area contributed by atoms with Crippen molar-refractivity contribution in [2.24, 2.45) is 5.92 Å². The second-order valence-corrected chi connectivity index (χ2v) is 6.93. The number of para-hydroxylation sites is 3. The van der Waals surface area contributed by atoms with E-state index in [9.17, 15) is 19.2 Å². The van der Waals surface area contributed by atoms with E-state index in [1.54, 1.807) is 55.5 Å². The van der Waals surface area contributed by atoms with Crippen LogP contribution in [0, 0.1) is 5.92 Å². The largest absolute Gasteiger partial charge is 0.455 e. The van der Waals surface area contributed by atoms with Crippen LogP contribution in [0.5, 0.6) is 11.5 Å². The van der Waals surface area contributed by atoms with Gasteiger partial charge in [-0.05, 0) is 30.7 Å². The summed E-state index contributed by atoms with van der Waals surface area (Å²) in [6.45, 7) is 1.80. The summed E-state index contributed by atoms with van der Waals surface area (Å²) in [4.78, 5) is 51.8. The highest BCUT2D eigenvalue weighted by molar-refractivity contribution is 6.29. The summed E-state index contributed by atoms with van der Waals surface area (Å²) in [6.07, 6.45) is 0.407. The summed E-state index contributed by atoms with van der Waals surface area (Å²) < 4.78 is 5.94. The topological polar surface area (TPSA) is 105 Å². The van der Waals surface area contributed by atoms with Gasteiger partial charge in [0.2, 0.25) is 11.4 Å². The van der Waals surface area contributed by atoms with Gasteiger partial charge in [-0.3, -0.25) is 29.9 Å². The third kappa shape index (κ3) is 2.84. The maximum atomic E-state index is 13.0. The second kappa shape index (κ2) is 7.05. The van der Waals surface area contributed by atoms with Crippen molar-refractivity contribution in [3.63, 3.8) is 0 Å². The molecule has 1 atom stereocenters. The Morgan fingerprint density at radius 3 is 2.24 bits per heavy atom. The molecule has 2 saturated heterocycles. The van der Waals surface area contributed by atoms with E-state index in [1.807, 2.05) is 6.07 Å². The SMILES string of the molecule is CCC1CC(=O)N(c2ccccc2Oc2ccccc2)C12C(=O)NC(=O)NC2=O. The summed E-state index contributed by atoms with van der Waals surface area (Å²) in [5, 5.41) is 4.30. The number of carbonyl (C=O) groups is 4. The molecule has 8 nitrogen and oxygen atoms in total. The lowest BCUT2D eigenvalue weighted by atomic mass is 9.80. The summed E-state index contributed by atoms with van der Waals surface area (Å²) >= 11 is 0. The van der Waals surface area contributed by atoms with E-state index in [2.05, 4.69) is 10.6 Å². The van der Waals surface area contributed by atoms with Gasteiger partial charge >= 0.3 is 6.03 Å². The number of urea groups is 1. The Morgan fingerprint density at radius 2 is 1.59 bits per heavy atom. The molecule has 0 aromatic heterocycles. The summed E-state index contributed by atoms with van der Waals surface area (Å²) in [5.74, 6) is -1.73. The van der Waals surface area contributed by atoms with Crippen LogP contribution >= 0.6 is 0 Å². The summed E-state index contributed by atoms with van der Waals surface area (Å²) in [5.41, 5.74) is -1.56. The molecule has 2 fully saturated rings. The van der Waals surface area contributed by atoms with Crippen molar-refractivity contribution in [2.45, 2.75) is 25.3 Å². The zero-order valence-electron chi connectivity index (χ0n) is 15.7. The summed E-state index contributed by atoms with van der Waals surface area (Å²) in [7, 11) is 0. The van der Waals surface area contributed by atoms with Crippen LogP contribution in [0.15, 0.2) is 54.6 Å². The minimum Gasteiger partial charge on any atom is -0.455 e. The Bertz CT molecular complexity index is 984. The predicted octanol–water partition coefficient (Wildman–Crippen LogP) is 2.35. The number of nitrogens with zero attached hydrogens (tertiary/aromatic N) is 1. The Morgan fingerprint density at radius 1 is 0.966 bits per heavy atom. The standard InChI is InChI=1S/C21H19N3O5/c1-2-13-12-17(25)24(21(13)18(26)22-20(28)23-19(21)27)15-10-6-7-11-16(15)29-14-8-4-3-5-9-14/h3-11,13H,2,12H2,1H3,(H2,22,23,26,27,28). The minimum absolute atomic E-state index is 0.00516. The molecule has 29 heavy (non-hydrogen) atoms. The molecule has 2 aliphatic rings. The van der Waals surface area contributed by atoms with Crippen LogP contribution in [-0.2, 0) is 14.4 Å². The molecular weight excluding hydrogens is 374 g/mol. The van der Waals surface area contributed by atoms with Gasteiger partial charge in [-0.15, -0.1) is 0 Å². The van der Waals surface area contributed by atoms with Gasteiger partial charge in [0.05, 0.1) is 5.69 Å². The van der Waals surface area contributed by atoms with E-state index in [4.69, 9.17) is 4.74 Å². The number of barbiturate groups is 1. The molecule has 0 saturated carbocycles. The molecule has 1 spiro atoms. The van der Waals surface area contributed by atoms with Gasteiger partial charge in [-0.1, -0.05) is 37.3 Å². The van der Waals surface area contributed by atoms with Crippen LogP contribution in [-0.4, -0.2) is 29.3 Å². The monoisotopic (exact) mass is 393 g/mol. The normalized spacial score (nSPS) is 20.6. The fourth-order valence-electron chi connectivity index (χ4n) is 4.04. The van der Waals surface area contributed by atoms with Crippen molar-refractivity contribution in [1.29, 1.82) is 0 Å². The first-order chi connectivity index (χ1) is 14.0. The van der Waals surface area contributed by atoms with Crippen molar-refractivity contribution < 1.29 is 23.9 Å². The Labute approximate surface area is 166 Å². The number of anilines is 1. The number of amides is 5. The highest BCUT2D eigenvalue weighted by Crippen LogP contribution is 2.46. The molecule has 148 valence electrons. The molecule has 2 aromatic carbocycles. The van der Waals surface area contributed by atoms with E-state index >= 15 is 0 Å². The molecule has 1 unspecified atom stereocenters. The van der Waals surface area contributed by atoms with Crippen molar-refractivity contribution in [2.75, 3.05) is 4.90 Å². The van der Waals surface area contributed by atoms with Crippen LogP contribution in [0.25, 0.3) is 0 Å². The molecule has 2 N–H and O–H groups in total. The molecule has 0 radical (unpaired) electrons. The number of rotatable bonds is 4. The highest BCUT2D eigenvalue weighted by atomic mass is 16.5. The summed E-state index contributed by atoms with van der Waals surface area (Å²) in [6, 6.07) is 14.8. The molecule has 0 aliphatic carbocycles. The lowest BCUT2D eigenvalue weighted by molar-refractivity contribution is -0.140. The maximum Gasteiger partial charge on any atom is 0.328 e. The Kier molecular flexibility index (Phi) is 4.54. The number of benzene rings is 2. The predicted molar refractivity (Wildman–Crippen MR) is 103 cm³/mol.